The molecule has 0 amide bonds. The molecule has 1 fully saturated rings. The molecule has 0 aromatic heterocycles. The topological polar surface area (TPSA) is 21.3 Å². The second-order valence-corrected chi connectivity index (χ2v) is 4.38. The zero-order valence-electron chi connectivity index (χ0n) is 9.65. The third-order valence-electron chi connectivity index (χ3n) is 3.17. The molecular weight excluding hydrogens is 219 g/mol. The first kappa shape index (κ1) is 13.8. The molecule has 2 nitrogen and oxygen atoms in total. The van der Waals surface area contributed by atoms with E-state index in [1.165, 1.54) is 12.8 Å². The zero-order valence-corrected chi connectivity index (χ0v) is 9.65. The van der Waals surface area contributed by atoms with Crippen molar-refractivity contribution in [1.82, 2.24) is 5.32 Å². The lowest BCUT2D eigenvalue weighted by atomic mass is 9.99. The van der Waals surface area contributed by atoms with Crippen LogP contribution in [0.5, 0.6) is 0 Å². The van der Waals surface area contributed by atoms with E-state index in [1.54, 1.807) is 0 Å². The summed E-state index contributed by atoms with van der Waals surface area (Å²) in [5.41, 5.74) is 0. The van der Waals surface area contributed by atoms with Crippen LogP contribution in [-0.4, -0.2) is 32.5 Å². The van der Waals surface area contributed by atoms with Crippen LogP contribution in [0.3, 0.4) is 0 Å². The smallest absolute Gasteiger partial charge is 0.379 e. The maximum atomic E-state index is 11.9. The molecule has 1 saturated carbocycles. The lowest BCUT2D eigenvalue weighted by Gasteiger charge is -2.22. The lowest BCUT2D eigenvalue weighted by molar-refractivity contribution is -0.145. The Morgan fingerprint density at radius 3 is 2.44 bits per heavy atom. The van der Waals surface area contributed by atoms with Crippen LogP contribution in [0.25, 0.3) is 0 Å². The van der Waals surface area contributed by atoms with Crippen molar-refractivity contribution in [3.05, 3.63) is 0 Å². The average molecular weight is 239 g/mol. The minimum Gasteiger partial charge on any atom is -0.379 e. The first-order valence-corrected chi connectivity index (χ1v) is 5.84. The van der Waals surface area contributed by atoms with Crippen LogP contribution >= 0.6 is 0 Å². The van der Waals surface area contributed by atoms with Crippen molar-refractivity contribution < 1.29 is 17.9 Å². The fraction of sp³-hybridized carbons (Fsp3) is 1.00. The molecule has 1 atom stereocenters. The molecule has 1 aliphatic carbocycles. The Balaban J connectivity index is 2.14. The molecule has 0 spiro atoms. The van der Waals surface area contributed by atoms with Gasteiger partial charge in [-0.3, -0.25) is 0 Å². The summed E-state index contributed by atoms with van der Waals surface area (Å²) in [6, 6.07) is 0.204. The maximum absolute atomic E-state index is 11.9. The maximum Gasteiger partial charge on any atom is 0.391 e. The summed E-state index contributed by atoms with van der Waals surface area (Å²) < 4.78 is 40.7. The Morgan fingerprint density at radius 2 is 1.94 bits per heavy atom. The lowest BCUT2D eigenvalue weighted by Crippen LogP contribution is -2.37. The van der Waals surface area contributed by atoms with Crippen molar-refractivity contribution in [2.24, 2.45) is 5.92 Å². The van der Waals surface area contributed by atoms with Gasteiger partial charge in [0, 0.05) is 6.04 Å². The molecule has 1 aliphatic rings. The normalized spacial score (nSPS) is 20.2. The predicted molar refractivity (Wildman–Crippen MR) is 56.3 cm³/mol. The quantitative estimate of drug-likeness (QED) is 0.720. The van der Waals surface area contributed by atoms with Gasteiger partial charge < -0.3 is 10.1 Å². The highest BCUT2D eigenvalue weighted by molar-refractivity contribution is 4.79. The van der Waals surface area contributed by atoms with Crippen molar-refractivity contribution in [2.75, 3.05) is 20.3 Å². The third kappa shape index (κ3) is 5.16. The van der Waals surface area contributed by atoms with Crippen molar-refractivity contribution in [2.45, 2.75) is 44.3 Å². The van der Waals surface area contributed by atoms with Crippen LogP contribution in [0.4, 0.5) is 13.2 Å². The van der Waals surface area contributed by atoms with Crippen LogP contribution in [0.2, 0.25) is 0 Å². The average Bonchev–Trinajstić information content (AvgIpc) is 2.69. The summed E-state index contributed by atoms with van der Waals surface area (Å²) >= 11 is 0. The van der Waals surface area contributed by atoms with E-state index in [0.717, 1.165) is 12.8 Å². The summed E-state index contributed by atoms with van der Waals surface area (Å²) in [5.74, 6) is 0.566. The number of hydrogen-bond donors (Lipinski definition) is 1. The number of rotatable bonds is 6. The summed E-state index contributed by atoms with van der Waals surface area (Å²) in [5, 5.41) is 3.14. The van der Waals surface area contributed by atoms with Crippen LogP contribution in [0.15, 0.2) is 0 Å². The van der Waals surface area contributed by atoms with Gasteiger partial charge in [-0.2, -0.15) is 13.2 Å². The molecule has 0 heterocycles. The first-order chi connectivity index (χ1) is 7.53. The van der Waals surface area contributed by atoms with Crippen LogP contribution in [0.1, 0.15) is 32.1 Å². The fourth-order valence-corrected chi connectivity index (χ4v) is 2.21. The van der Waals surface area contributed by atoms with E-state index in [2.05, 4.69) is 5.32 Å². The molecule has 0 aliphatic heterocycles. The molecule has 0 aromatic carbocycles. The predicted octanol–water partition coefficient (Wildman–Crippen LogP) is 2.73. The van der Waals surface area contributed by atoms with Gasteiger partial charge in [0.25, 0.3) is 0 Å². The highest BCUT2D eigenvalue weighted by atomic mass is 19.4. The van der Waals surface area contributed by atoms with Gasteiger partial charge in [-0.1, -0.05) is 12.8 Å². The Labute approximate surface area is 94.5 Å². The van der Waals surface area contributed by atoms with E-state index in [9.17, 15) is 13.2 Å². The van der Waals surface area contributed by atoms with Gasteiger partial charge in [0.1, 0.15) is 0 Å². The number of likely N-dealkylation sites (N-methyl/N-ethyl adjacent to an activating group) is 1. The van der Waals surface area contributed by atoms with E-state index in [-0.39, 0.29) is 12.6 Å². The molecule has 5 heteroatoms. The van der Waals surface area contributed by atoms with Crippen molar-refractivity contribution in [1.29, 1.82) is 0 Å². The van der Waals surface area contributed by atoms with E-state index < -0.39 is 12.6 Å². The monoisotopic (exact) mass is 239 g/mol. The Bertz CT molecular complexity index is 190. The molecule has 1 unspecified atom stereocenters. The molecule has 1 N–H and O–H groups in total. The number of hydrogen-bond acceptors (Lipinski definition) is 2. The van der Waals surface area contributed by atoms with Crippen LogP contribution in [-0.2, 0) is 4.74 Å². The number of ether oxygens (including phenoxy) is 1. The van der Waals surface area contributed by atoms with Gasteiger partial charge >= 0.3 is 6.18 Å². The Hall–Kier alpha value is -0.290. The van der Waals surface area contributed by atoms with E-state index in [0.29, 0.717) is 12.5 Å². The molecule has 16 heavy (non-hydrogen) atoms. The summed E-state index contributed by atoms with van der Waals surface area (Å²) in [7, 11) is 1.84. The van der Waals surface area contributed by atoms with Gasteiger partial charge in [-0.05, 0) is 25.8 Å². The van der Waals surface area contributed by atoms with Crippen LogP contribution in [0, 0.1) is 5.92 Å². The Kier molecular flexibility index (Phi) is 5.55. The highest BCUT2D eigenvalue weighted by Crippen LogP contribution is 2.28. The second kappa shape index (κ2) is 6.45. The van der Waals surface area contributed by atoms with Gasteiger partial charge in [-0.25, -0.2) is 0 Å². The van der Waals surface area contributed by atoms with E-state index in [1.807, 2.05) is 7.05 Å². The molecular formula is C11H20F3NO. The minimum absolute atomic E-state index is 0.204. The highest BCUT2D eigenvalue weighted by Gasteiger charge is 2.27. The summed E-state index contributed by atoms with van der Waals surface area (Å²) in [4.78, 5) is 0. The fourth-order valence-electron chi connectivity index (χ4n) is 2.21. The Morgan fingerprint density at radius 1 is 1.31 bits per heavy atom. The largest absolute Gasteiger partial charge is 0.391 e. The molecule has 1 rings (SSSR count). The van der Waals surface area contributed by atoms with Crippen molar-refractivity contribution in [3.8, 4) is 0 Å². The zero-order chi connectivity index (χ0) is 12.0. The van der Waals surface area contributed by atoms with E-state index >= 15 is 0 Å². The number of alkyl halides is 3. The van der Waals surface area contributed by atoms with Crippen molar-refractivity contribution >= 4 is 0 Å². The van der Waals surface area contributed by atoms with Gasteiger partial charge in [0.15, 0.2) is 0 Å². The first-order valence-electron chi connectivity index (χ1n) is 5.84. The summed E-state index contributed by atoms with van der Waals surface area (Å²) in [6.07, 6.45) is -0.185. The van der Waals surface area contributed by atoms with Gasteiger partial charge in [0.2, 0.25) is 0 Å². The molecule has 0 bridgehead atoms. The number of halogens is 3. The molecule has 0 saturated heterocycles. The number of nitrogens with one attached hydrogen (secondary N) is 1. The SMILES string of the molecule is CNC(COCCC(F)(F)F)C1CCCC1. The molecule has 0 aromatic rings. The van der Waals surface area contributed by atoms with Crippen LogP contribution < -0.4 is 5.32 Å². The molecule has 96 valence electrons. The minimum atomic E-state index is -4.11. The van der Waals surface area contributed by atoms with Gasteiger partial charge in [-0.15, -0.1) is 0 Å². The second-order valence-electron chi connectivity index (χ2n) is 4.38. The van der Waals surface area contributed by atoms with E-state index in [4.69, 9.17) is 4.74 Å². The van der Waals surface area contributed by atoms with Crippen molar-refractivity contribution in [3.63, 3.8) is 0 Å². The third-order valence-corrected chi connectivity index (χ3v) is 3.17. The summed E-state index contributed by atoms with van der Waals surface area (Å²) in [6.45, 7) is 0.158. The van der Waals surface area contributed by atoms with Gasteiger partial charge in [0.05, 0.1) is 19.6 Å². The molecule has 0 radical (unpaired) electrons. The standard InChI is InChI=1S/C11H20F3NO/c1-15-10(9-4-2-3-5-9)8-16-7-6-11(12,13)14/h9-10,15H,2-8H2,1H3.